The first-order chi connectivity index (χ1) is 11.0. The van der Waals surface area contributed by atoms with Crippen molar-refractivity contribution in [2.24, 2.45) is 5.92 Å². The van der Waals surface area contributed by atoms with Gasteiger partial charge in [0.05, 0.1) is 6.42 Å². The molecular weight excluding hydrogens is 349 g/mol. The lowest BCUT2D eigenvalue weighted by Gasteiger charge is -2.36. The van der Waals surface area contributed by atoms with Gasteiger partial charge < -0.3 is 15.1 Å². The Hall–Kier alpha value is -1.30. The molecule has 0 spiro atoms. The average Bonchev–Trinajstić information content (AvgIpc) is 2.56. The summed E-state index contributed by atoms with van der Waals surface area (Å²) in [6.45, 7) is 5.03. The van der Waals surface area contributed by atoms with E-state index in [1.807, 2.05) is 35.9 Å². The third kappa shape index (κ3) is 5.65. The van der Waals surface area contributed by atoms with Gasteiger partial charge in [-0.2, -0.15) is 0 Å². The second-order valence-corrected chi connectivity index (χ2v) is 6.40. The van der Waals surface area contributed by atoms with E-state index in [0.717, 1.165) is 5.56 Å². The van der Waals surface area contributed by atoms with E-state index in [1.54, 1.807) is 12.1 Å². The second-order valence-electron chi connectivity index (χ2n) is 5.97. The van der Waals surface area contributed by atoms with Gasteiger partial charge in [0.2, 0.25) is 11.8 Å². The Morgan fingerprint density at radius 3 is 2.21 bits per heavy atom. The van der Waals surface area contributed by atoms with Crippen LogP contribution in [0, 0.1) is 5.92 Å². The van der Waals surface area contributed by atoms with Gasteiger partial charge in [-0.3, -0.25) is 9.59 Å². The van der Waals surface area contributed by atoms with E-state index in [0.29, 0.717) is 44.2 Å². The molecule has 0 aromatic heterocycles. The fourth-order valence-electron chi connectivity index (χ4n) is 2.77. The highest BCUT2D eigenvalue weighted by Crippen LogP contribution is 2.12. The first-order valence-corrected chi connectivity index (χ1v) is 8.34. The molecule has 1 fully saturated rings. The summed E-state index contributed by atoms with van der Waals surface area (Å²) in [5, 5.41) is 3.69. The Labute approximate surface area is 154 Å². The normalized spacial score (nSPS) is 15.6. The van der Waals surface area contributed by atoms with E-state index >= 15 is 0 Å². The summed E-state index contributed by atoms with van der Waals surface area (Å²) in [5.74, 6) is 0.225. The molecule has 0 saturated carbocycles. The van der Waals surface area contributed by atoms with Gasteiger partial charge in [-0.15, -0.1) is 12.4 Å². The number of piperazine rings is 1. The third-order valence-corrected chi connectivity index (χ3v) is 4.40. The summed E-state index contributed by atoms with van der Waals surface area (Å²) >= 11 is 5.85. The van der Waals surface area contributed by atoms with E-state index in [1.165, 1.54) is 0 Å². The van der Waals surface area contributed by atoms with Crippen LogP contribution in [-0.2, 0) is 16.0 Å². The Kier molecular flexibility index (Phi) is 8.53. The van der Waals surface area contributed by atoms with Crippen molar-refractivity contribution in [3.8, 4) is 0 Å². The maximum Gasteiger partial charge on any atom is 0.227 e. The predicted octanol–water partition coefficient (Wildman–Crippen LogP) is 1.83. The highest BCUT2D eigenvalue weighted by atomic mass is 35.5. The van der Waals surface area contributed by atoms with Crippen LogP contribution in [0.5, 0.6) is 0 Å². The Morgan fingerprint density at radius 1 is 1.12 bits per heavy atom. The minimum absolute atomic E-state index is 0. The average molecular weight is 374 g/mol. The molecule has 1 saturated heterocycles. The number of carbonyl (C=O) groups is 2. The molecule has 1 aromatic carbocycles. The van der Waals surface area contributed by atoms with Crippen molar-refractivity contribution in [2.75, 3.05) is 39.8 Å². The number of amides is 2. The Balaban J connectivity index is 0.00000288. The fraction of sp³-hybridized carbons (Fsp3) is 0.529. The summed E-state index contributed by atoms with van der Waals surface area (Å²) in [7, 11) is 1.84. The maximum atomic E-state index is 12.3. The molecule has 24 heavy (non-hydrogen) atoms. The topological polar surface area (TPSA) is 52.7 Å². The molecule has 1 aromatic rings. The van der Waals surface area contributed by atoms with Gasteiger partial charge in [0.15, 0.2) is 0 Å². The van der Waals surface area contributed by atoms with Crippen molar-refractivity contribution < 1.29 is 9.59 Å². The third-order valence-electron chi connectivity index (χ3n) is 4.14. The summed E-state index contributed by atoms with van der Waals surface area (Å²) in [5.41, 5.74) is 0.959. The highest BCUT2D eigenvalue weighted by Gasteiger charge is 2.26. The lowest BCUT2D eigenvalue weighted by molar-refractivity contribution is -0.141. The highest BCUT2D eigenvalue weighted by molar-refractivity contribution is 6.30. The molecule has 1 atom stereocenters. The number of rotatable bonds is 5. The molecule has 0 radical (unpaired) electrons. The largest absolute Gasteiger partial charge is 0.339 e. The molecule has 1 heterocycles. The Bertz CT molecular complexity index is 543. The monoisotopic (exact) mass is 373 g/mol. The molecule has 134 valence electrons. The van der Waals surface area contributed by atoms with E-state index < -0.39 is 0 Å². The number of nitrogens with zero attached hydrogens (tertiary/aromatic N) is 2. The maximum absolute atomic E-state index is 12.3. The number of hydrogen-bond acceptors (Lipinski definition) is 3. The smallest absolute Gasteiger partial charge is 0.227 e. The SMILES string of the molecule is CNCC(C)C(=O)N1CCN(C(=O)Cc2ccc(Cl)cc2)CC1.Cl. The zero-order valence-corrected chi connectivity index (χ0v) is 15.7. The number of carbonyl (C=O) groups excluding carboxylic acids is 2. The van der Waals surface area contributed by atoms with Crippen LogP contribution in [0.3, 0.4) is 0 Å². The van der Waals surface area contributed by atoms with E-state index in [4.69, 9.17) is 11.6 Å². The lowest BCUT2D eigenvalue weighted by Crippen LogP contribution is -2.52. The van der Waals surface area contributed by atoms with E-state index in [-0.39, 0.29) is 30.1 Å². The number of halogens is 2. The molecule has 1 aliphatic heterocycles. The zero-order valence-electron chi connectivity index (χ0n) is 14.1. The standard InChI is InChI=1S/C17H24ClN3O2.ClH/c1-13(12-19-2)17(23)21-9-7-20(8-10-21)16(22)11-14-3-5-15(18)6-4-14;/h3-6,13,19H,7-12H2,1-2H3;1H. The summed E-state index contributed by atoms with van der Waals surface area (Å²) in [6, 6.07) is 7.34. The minimum Gasteiger partial charge on any atom is -0.339 e. The van der Waals surface area contributed by atoms with E-state index in [9.17, 15) is 9.59 Å². The molecule has 1 unspecified atom stereocenters. The van der Waals surface area contributed by atoms with Crippen LogP contribution in [0.4, 0.5) is 0 Å². The predicted molar refractivity (Wildman–Crippen MR) is 98.7 cm³/mol. The first-order valence-electron chi connectivity index (χ1n) is 7.97. The van der Waals surface area contributed by atoms with Gasteiger partial charge in [-0.1, -0.05) is 30.7 Å². The van der Waals surface area contributed by atoms with Gasteiger partial charge in [0.25, 0.3) is 0 Å². The molecule has 0 aliphatic carbocycles. The minimum atomic E-state index is -0.0312. The van der Waals surface area contributed by atoms with Crippen LogP contribution in [-0.4, -0.2) is 61.4 Å². The van der Waals surface area contributed by atoms with Gasteiger partial charge in [0.1, 0.15) is 0 Å². The molecule has 5 nitrogen and oxygen atoms in total. The fourth-order valence-corrected chi connectivity index (χ4v) is 2.90. The lowest BCUT2D eigenvalue weighted by atomic mass is 10.1. The number of hydrogen-bond donors (Lipinski definition) is 1. The van der Waals surface area contributed by atoms with Gasteiger partial charge in [-0.05, 0) is 24.7 Å². The molecule has 2 rings (SSSR count). The van der Waals surface area contributed by atoms with Crippen molar-refractivity contribution in [1.29, 1.82) is 0 Å². The molecule has 2 amide bonds. The van der Waals surface area contributed by atoms with Crippen LogP contribution in [0.15, 0.2) is 24.3 Å². The van der Waals surface area contributed by atoms with Crippen molar-refractivity contribution in [3.63, 3.8) is 0 Å². The Morgan fingerprint density at radius 2 is 1.67 bits per heavy atom. The van der Waals surface area contributed by atoms with Gasteiger partial charge >= 0.3 is 0 Å². The summed E-state index contributed by atoms with van der Waals surface area (Å²) in [6.07, 6.45) is 0.376. The van der Waals surface area contributed by atoms with Crippen molar-refractivity contribution >= 4 is 35.8 Å². The second kappa shape index (κ2) is 9.87. The summed E-state index contributed by atoms with van der Waals surface area (Å²) < 4.78 is 0. The quantitative estimate of drug-likeness (QED) is 0.856. The number of nitrogens with one attached hydrogen (secondary N) is 1. The number of benzene rings is 1. The van der Waals surface area contributed by atoms with Crippen LogP contribution in [0.1, 0.15) is 12.5 Å². The van der Waals surface area contributed by atoms with Crippen LogP contribution < -0.4 is 5.32 Å². The van der Waals surface area contributed by atoms with Crippen molar-refractivity contribution in [2.45, 2.75) is 13.3 Å². The zero-order chi connectivity index (χ0) is 16.8. The summed E-state index contributed by atoms with van der Waals surface area (Å²) in [4.78, 5) is 28.3. The molecule has 7 heteroatoms. The molecule has 1 N–H and O–H groups in total. The van der Waals surface area contributed by atoms with Gasteiger partial charge in [0, 0.05) is 43.7 Å². The van der Waals surface area contributed by atoms with Crippen LogP contribution >= 0.6 is 24.0 Å². The molecular formula is C17H25Cl2N3O2. The first kappa shape index (κ1) is 20.7. The van der Waals surface area contributed by atoms with Crippen LogP contribution in [0.2, 0.25) is 5.02 Å². The molecule has 1 aliphatic rings. The molecule has 0 bridgehead atoms. The van der Waals surface area contributed by atoms with Crippen molar-refractivity contribution in [1.82, 2.24) is 15.1 Å². The van der Waals surface area contributed by atoms with Crippen LogP contribution in [0.25, 0.3) is 0 Å². The van der Waals surface area contributed by atoms with Crippen molar-refractivity contribution in [3.05, 3.63) is 34.9 Å². The van der Waals surface area contributed by atoms with Gasteiger partial charge in [-0.25, -0.2) is 0 Å². The van der Waals surface area contributed by atoms with E-state index in [2.05, 4.69) is 5.32 Å².